The zero-order valence-corrected chi connectivity index (χ0v) is 10.2. The lowest BCUT2D eigenvalue weighted by atomic mass is 10.2. The molecular formula is C13H11N5O. The molecule has 0 aliphatic carbocycles. The van der Waals surface area contributed by atoms with Gasteiger partial charge < -0.3 is 0 Å². The molecule has 0 radical (unpaired) electrons. The molecule has 0 saturated heterocycles. The number of nitrogens with zero attached hydrogens (tertiary/aromatic N) is 4. The van der Waals surface area contributed by atoms with E-state index in [9.17, 15) is 4.79 Å². The summed E-state index contributed by atoms with van der Waals surface area (Å²) in [4.78, 5) is 16.6. The average molecular weight is 253 g/mol. The summed E-state index contributed by atoms with van der Waals surface area (Å²) in [5.74, 6) is 0. The predicted molar refractivity (Wildman–Crippen MR) is 69.9 cm³/mol. The first kappa shape index (κ1) is 11.3. The van der Waals surface area contributed by atoms with Crippen LogP contribution in [0.5, 0.6) is 0 Å². The molecular weight excluding hydrogens is 242 g/mol. The van der Waals surface area contributed by atoms with E-state index in [0.29, 0.717) is 11.3 Å². The van der Waals surface area contributed by atoms with Crippen molar-refractivity contribution in [3.05, 3.63) is 58.9 Å². The molecule has 3 aromatic rings. The van der Waals surface area contributed by atoms with Crippen molar-refractivity contribution in [2.24, 2.45) is 0 Å². The van der Waals surface area contributed by atoms with Crippen LogP contribution < -0.4 is 5.56 Å². The molecule has 3 aromatic heterocycles. The predicted octanol–water partition coefficient (Wildman–Crippen LogP) is 1.33. The van der Waals surface area contributed by atoms with Gasteiger partial charge in [-0.3, -0.25) is 14.3 Å². The molecule has 94 valence electrons. The molecule has 3 heterocycles. The second-order valence-corrected chi connectivity index (χ2v) is 4.11. The number of hydrogen-bond donors (Lipinski definition) is 1. The molecule has 6 heteroatoms. The van der Waals surface area contributed by atoms with Crippen LogP contribution in [0, 0.1) is 6.92 Å². The van der Waals surface area contributed by atoms with E-state index < -0.39 is 0 Å². The van der Waals surface area contributed by atoms with Gasteiger partial charge in [-0.2, -0.15) is 15.4 Å². The molecule has 0 spiro atoms. The molecule has 3 rings (SSSR count). The highest BCUT2D eigenvalue weighted by Gasteiger charge is 2.09. The summed E-state index contributed by atoms with van der Waals surface area (Å²) in [6.45, 7) is 1.90. The Labute approximate surface area is 108 Å². The zero-order chi connectivity index (χ0) is 13.2. The van der Waals surface area contributed by atoms with E-state index in [0.717, 1.165) is 11.4 Å². The highest BCUT2D eigenvalue weighted by atomic mass is 16.1. The van der Waals surface area contributed by atoms with Crippen molar-refractivity contribution >= 4 is 0 Å². The van der Waals surface area contributed by atoms with Gasteiger partial charge in [0.05, 0.1) is 23.6 Å². The number of hydrogen-bond acceptors (Lipinski definition) is 4. The van der Waals surface area contributed by atoms with Crippen molar-refractivity contribution in [2.75, 3.05) is 0 Å². The van der Waals surface area contributed by atoms with Crippen LogP contribution in [0.2, 0.25) is 0 Å². The van der Waals surface area contributed by atoms with Gasteiger partial charge in [0.25, 0.3) is 5.56 Å². The van der Waals surface area contributed by atoms with Crippen LogP contribution in [0.1, 0.15) is 5.69 Å². The van der Waals surface area contributed by atoms with Crippen molar-refractivity contribution in [3.63, 3.8) is 0 Å². The summed E-state index contributed by atoms with van der Waals surface area (Å²) in [5, 5.41) is 10.1. The van der Waals surface area contributed by atoms with Gasteiger partial charge in [0.15, 0.2) is 0 Å². The summed E-state index contributed by atoms with van der Waals surface area (Å²) in [5.41, 5.74) is 2.50. The standard InChI is InChI=1S/C13H11N5O/c1-9-4-5-10(7-14-9)18-6-2-3-11(13(18)19)12-8-15-17-16-12/h2-8H,1H3,(H,15,16,17). The number of rotatable bonds is 2. The molecule has 19 heavy (non-hydrogen) atoms. The largest absolute Gasteiger partial charge is 0.282 e. The third kappa shape index (κ3) is 2.03. The monoisotopic (exact) mass is 253 g/mol. The fourth-order valence-electron chi connectivity index (χ4n) is 1.83. The van der Waals surface area contributed by atoms with Gasteiger partial charge in [-0.05, 0) is 31.2 Å². The van der Waals surface area contributed by atoms with E-state index >= 15 is 0 Å². The molecule has 0 atom stereocenters. The van der Waals surface area contributed by atoms with Gasteiger partial charge in [0.1, 0.15) is 5.69 Å². The van der Waals surface area contributed by atoms with Gasteiger partial charge in [-0.15, -0.1) is 0 Å². The third-order valence-corrected chi connectivity index (χ3v) is 2.81. The Morgan fingerprint density at radius 1 is 1.21 bits per heavy atom. The van der Waals surface area contributed by atoms with Crippen molar-refractivity contribution in [1.82, 2.24) is 25.0 Å². The zero-order valence-electron chi connectivity index (χ0n) is 10.2. The smallest absolute Gasteiger partial charge is 0.264 e. The van der Waals surface area contributed by atoms with E-state index in [1.165, 1.54) is 10.8 Å². The van der Waals surface area contributed by atoms with Gasteiger partial charge in [-0.25, -0.2) is 0 Å². The topological polar surface area (TPSA) is 76.5 Å². The first-order valence-electron chi connectivity index (χ1n) is 5.76. The highest BCUT2D eigenvalue weighted by Crippen LogP contribution is 2.11. The Bertz CT molecular complexity index is 743. The normalized spacial score (nSPS) is 10.6. The maximum absolute atomic E-state index is 12.4. The van der Waals surface area contributed by atoms with Crippen LogP contribution in [0.15, 0.2) is 47.7 Å². The molecule has 6 nitrogen and oxygen atoms in total. The van der Waals surface area contributed by atoms with Crippen LogP contribution in [0.4, 0.5) is 0 Å². The van der Waals surface area contributed by atoms with Gasteiger partial charge in [0, 0.05) is 11.9 Å². The lowest BCUT2D eigenvalue weighted by Crippen LogP contribution is -2.19. The Morgan fingerprint density at radius 2 is 2.11 bits per heavy atom. The Kier molecular flexibility index (Phi) is 2.68. The van der Waals surface area contributed by atoms with Crippen molar-refractivity contribution in [1.29, 1.82) is 0 Å². The number of H-pyrrole nitrogens is 1. The van der Waals surface area contributed by atoms with E-state index in [-0.39, 0.29) is 5.56 Å². The SMILES string of the molecule is Cc1ccc(-n2cccc(-c3cn[nH]n3)c2=O)cn1. The maximum Gasteiger partial charge on any atom is 0.264 e. The molecule has 0 bridgehead atoms. The number of aryl methyl sites for hydroxylation is 1. The number of pyridine rings is 2. The molecule has 0 fully saturated rings. The first-order valence-corrected chi connectivity index (χ1v) is 5.76. The lowest BCUT2D eigenvalue weighted by molar-refractivity contribution is 0.937. The third-order valence-electron chi connectivity index (χ3n) is 2.81. The number of nitrogens with one attached hydrogen (secondary N) is 1. The van der Waals surface area contributed by atoms with E-state index in [1.807, 2.05) is 19.1 Å². The van der Waals surface area contributed by atoms with E-state index in [1.54, 1.807) is 24.5 Å². The van der Waals surface area contributed by atoms with E-state index in [4.69, 9.17) is 0 Å². The molecule has 0 amide bonds. The van der Waals surface area contributed by atoms with Gasteiger partial charge in [0.2, 0.25) is 0 Å². The van der Waals surface area contributed by atoms with E-state index in [2.05, 4.69) is 20.4 Å². The molecule has 0 saturated carbocycles. The van der Waals surface area contributed by atoms with Gasteiger partial charge in [-0.1, -0.05) is 0 Å². The molecule has 0 aliphatic heterocycles. The minimum absolute atomic E-state index is 0.151. The molecule has 0 unspecified atom stereocenters. The second kappa shape index (κ2) is 4.49. The molecule has 0 aliphatic rings. The first-order chi connectivity index (χ1) is 9.25. The van der Waals surface area contributed by atoms with Crippen LogP contribution in [-0.4, -0.2) is 25.0 Å². The highest BCUT2D eigenvalue weighted by molar-refractivity contribution is 5.56. The van der Waals surface area contributed by atoms with Crippen molar-refractivity contribution in [3.8, 4) is 16.9 Å². The van der Waals surface area contributed by atoms with Crippen LogP contribution in [-0.2, 0) is 0 Å². The molecule has 1 N–H and O–H groups in total. The summed E-state index contributed by atoms with van der Waals surface area (Å²) in [6, 6.07) is 7.24. The van der Waals surface area contributed by atoms with Crippen LogP contribution in [0.25, 0.3) is 16.9 Å². The van der Waals surface area contributed by atoms with Crippen LogP contribution in [0.3, 0.4) is 0 Å². The number of aromatic nitrogens is 5. The minimum atomic E-state index is -0.151. The van der Waals surface area contributed by atoms with Crippen LogP contribution >= 0.6 is 0 Å². The van der Waals surface area contributed by atoms with Crippen molar-refractivity contribution in [2.45, 2.75) is 6.92 Å². The Balaban J connectivity index is 2.16. The summed E-state index contributed by atoms with van der Waals surface area (Å²) in [7, 11) is 0. The minimum Gasteiger partial charge on any atom is -0.282 e. The van der Waals surface area contributed by atoms with Crippen molar-refractivity contribution < 1.29 is 0 Å². The second-order valence-electron chi connectivity index (χ2n) is 4.11. The lowest BCUT2D eigenvalue weighted by Gasteiger charge is -2.06. The summed E-state index contributed by atoms with van der Waals surface area (Å²) in [6.07, 6.45) is 4.90. The Morgan fingerprint density at radius 3 is 2.79 bits per heavy atom. The fourth-order valence-corrected chi connectivity index (χ4v) is 1.83. The fraction of sp³-hybridized carbons (Fsp3) is 0.0769. The maximum atomic E-state index is 12.4. The number of aromatic amines is 1. The summed E-state index contributed by atoms with van der Waals surface area (Å²) < 4.78 is 1.54. The Hall–Kier alpha value is -2.76. The quantitative estimate of drug-likeness (QED) is 0.747. The van der Waals surface area contributed by atoms with Gasteiger partial charge >= 0.3 is 0 Å². The summed E-state index contributed by atoms with van der Waals surface area (Å²) >= 11 is 0. The average Bonchev–Trinajstić information content (AvgIpc) is 2.94. The molecule has 0 aromatic carbocycles.